The van der Waals surface area contributed by atoms with Gasteiger partial charge in [-0.05, 0) is 65.1 Å². The van der Waals surface area contributed by atoms with E-state index in [2.05, 4.69) is 137 Å². The van der Waals surface area contributed by atoms with Crippen molar-refractivity contribution in [3.8, 4) is 11.1 Å². The zero-order valence-electron chi connectivity index (χ0n) is 24.3. The van der Waals surface area contributed by atoms with E-state index in [0.717, 1.165) is 54.8 Å². The Morgan fingerprint density at radius 2 is 1.47 bits per heavy atom. The molecule has 38 heavy (non-hydrogen) atoms. The summed E-state index contributed by atoms with van der Waals surface area (Å²) in [4.78, 5) is 4.53. The van der Waals surface area contributed by atoms with Crippen molar-refractivity contribution in [2.75, 3.05) is 20.6 Å². The number of rotatable bonds is 14. The van der Waals surface area contributed by atoms with Crippen molar-refractivity contribution in [1.29, 1.82) is 0 Å². The van der Waals surface area contributed by atoms with Crippen LogP contribution < -0.4 is 0 Å². The van der Waals surface area contributed by atoms with Crippen LogP contribution in [0.15, 0.2) is 103 Å². The van der Waals surface area contributed by atoms with Crippen LogP contribution in [0, 0.1) is 6.92 Å². The van der Waals surface area contributed by atoms with E-state index in [1.807, 2.05) is 0 Å². The molecule has 0 unspecified atom stereocenters. The van der Waals surface area contributed by atoms with Crippen molar-refractivity contribution >= 4 is 5.57 Å². The predicted molar refractivity (Wildman–Crippen MR) is 167 cm³/mol. The number of aryl methyl sites for hydroxylation is 2. The van der Waals surface area contributed by atoms with Crippen LogP contribution in [-0.4, -0.2) is 30.4 Å². The summed E-state index contributed by atoms with van der Waals surface area (Å²) in [6, 6.07) is 26.2. The molecule has 200 valence electrons. The van der Waals surface area contributed by atoms with Crippen molar-refractivity contribution in [2.45, 2.75) is 59.4 Å². The van der Waals surface area contributed by atoms with Crippen LogP contribution in [0.3, 0.4) is 0 Å². The van der Waals surface area contributed by atoms with Crippen LogP contribution >= 0.6 is 0 Å². The van der Waals surface area contributed by atoms with Gasteiger partial charge in [0.25, 0.3) is 0 Å². The van der Waals surface area contributed by atoms with Crippen LogP contribution in [0.2, 0.25) is 0 Å². The maximum Gasteiger partial charge on any atom is 0.0432 e. The molecule has 0 aliphatic carbocycles. The Kier molecular flexibility index (Phi) is 11.0. The highest BCUT2D eigenvalue weighted by Gasteiger charge is 2.18. The summed E-state index contributed by atoms with van der Waals surface area (Å²) in [5, 5.41) is 0. The van der Waals surface area contributed by atoms with Crippen molar-refractivity contribution in [3.05, 3.63) is 126 Å². The van der Waals surface area contributed by atoms with E-state index in [1.165, 1.54) is 40.7 Å². The van der Waals surface area contributed by atoms with Crippen LogP contribution in [0.5, 0.6) is 0 Å². The molecule has 0 aromatic heterocycles. The van der Waals surface area contributed by atoms with Gasteiger partial charge in [0.1, 0.15) is 0 Å². The topological polar surface area (TPSA) is 6.48 Å². The second kappa shape index (κ2) is 14.4. The molecule has 0 fully saturated rings. The van der Waals surface area contributed by atoms with E-state index in [-0.39, 0.29) is 0 Å². The summed E-state index contributed by atoms with van der Waals surface area (Å²) >= 11 is 0. The number of nitrogens with zero attached hydrogens (tertiary/aromatic N) is 2. The second-order valence-corrected chi connectivity index (χ2v) is 10.5. The van der Waals surface area contributed by atoms with Crippen molar-refractivity contribution in [3.63, 3.8) is 0 Å². The van der Waals surface area contributed by atoms with E-state index in [4.69, 9.17) is 0 Å². The molecule has 3 aromatic rings. The Bertz CT molecular complexity index is 1220. The normalized spacial score (nSPS) is 11.3. The predicted octanol–water partition coefficient (Wildman–Crippen LogP) is 9.28. The standard InChI is InChI=1S/C36H46N2/c1-8-10-15-31-18-19-35(28(3)25-31)26-38(24-11-9-2)30(5)36(27-37(6)7)29(4)32-20-22-34(23-21-32)33-16-13-12-14-17-33/h12-14,16-23,25,27H,4-5,8-11,15,24,26H2,1-3,6-7H3/b36-27+. The van der Waals surface area contributed by atoms with Crippen LogP contribution in [0.4, 0.5) is 0 Å². The Morgan fingerprint density at radius 1 is 0.816 bits per heavy atom. The third-order valence-corrected chi connectivity index (χ3v) is 7.11. The minimum absolute atomic E-state index is 0.851. The third kappa shape index (κ3) is 7.99. The van der Waals surface area contributed by atoms with E-state index in [1.54, 1.807) is 0 Å². The minimum Gasteiger partial charge on any atom is -0.383 e. The van der Waals surface area contributed by atoms with E-state index in [9.17, 15) is 0 Å². The van der Waals surface area contributed by atoms with E-state index >= 15 is 0 Å². The molecule has 0 bridgehead atoms. The molecule has 0 saturated carbocycles. The quantitative estimate of drug-likeness (QED) is 0.201. The summed E-state index contributed by atoms with van der Waals surface area (Å²) in [5.41, 5.74) is 10.8. The fraction of sp³-hybridized carbons (Fsp3) is 0.333. The van der Waals surface area contributed by atoms with Crippen molar-refractivity contribution in [2.24, 2.45) is 0 Å². The van der Waals surface area contributed by atoms with Gasteiger partial charge >= 0.3 is 0 Å². The molecular formula is C36H46N2. The minimum atomic E-state index is 0.851. The first-order chi connectivity index (χ1) is 18.3. The first kappa shape index (κ1) is 29.0. The van der Waals surface area contributed by atoms with Gasteiger partial charge in [0.2, 0.25) is 0 Å². The molecule has 0 radical (unpaired) electrons. The monoisotopic (exact) mass is 506 g/mol. The van der Waals surface area contributed by atoms with Gasteiger partial charge in [-0.3, -0.25) is 0 Å². The van der Waals surface area contributed by atoms with Gasteiger partial charge in [-0.25, -0.2) is 0 Å². The van der Waals surface area contributed by atoms with Gasteiger partial charge < -0.3 is 9.80 Å². The van der Waals surface area contributed by atoms with Gasteiger partial charge in [-0.1, -0.05) is 113 Å². The fourth-order valence-corrected chi connectivity index (χ4v) is 4.74. The number of hydrogen-bond donors (Lipinski definition) is 0. The Hall–Kier alpha value is -3.52. The van der Waals surface area contributed by atoms with Crippen molar-refractivity contribution < 1.29 is 0 Å². The zero-order valence-corrected chi connectivity index (χ0v) is 24.3. The number of benzene rings is 3. The highest BCUT2D eigenvalue weighted by atomic mass is 15.1. The zero-order chi connectivity index (χ0) is 27.5. The molecule has 3 rings (SSSR count). The smallest absolute Gasteiger partial charge is 0.0432 e. The molecule has 0 N–H and O–H groups in total. The average molecular weight is 507 g/mol. The van der Waals surface area contributed by atoms with Gasteiger partial charge in [0, 0.05) is 44.7 Å². The summed E-state index contributed by atoms with van der Waals surface area (Å²) in [6.45, 7) is 17.7. The SMILES string of the molecule is C=C(/C(=C\N(C)C)C(=C)N(CCCC)Cc1ccc(CCCC)cc1C)c1ccc(-c2ccccc2)cc1. The van der Waals surface area contributed by atoms with Gasteiger partial charge in [0.05, 0.1) is 0 Å². The first-order valence-corrected chi connectivity index (χ1v) is 14.1. The lowest BCUT2D eigenvalue weighted by molar-refractivity contribution is 0.337. The number of allylic oxidation sites excluding steroid dienone is 1. The largest absolute Gasteiger partial charge is 0.383 e. The molecule has 0 amide bonds. The Balaban J connectivity index is 1.87. The lowest BCUT2D eigenvalue weighted by atomic mass is 9.94. The fourth-order valence-electron chi connectivity index (χ4n) is 4.74. The molecule has 2 nitrogen and oxygen atoms in total. The lowest BCUT2D eigenvalue weighted by Gasteiger charge is -2.30. The highest BCUT2D eigenvalue weighted by molar-refractivity contribution is 5.82. The second-order valence-electron chi connectivity index (χ2n) is 10.5. The van der Waals surface area contributed by atoms with E-state index in [0.29, 0.717) is 0 Å². The summed E-state index contributed by atoms with van der Waals surface area (Å²) in [5.74, 6) is 0. The molecule has 0 aliphatic heterocycles. The average Bonchev–Trinajstić information content (AvgIpc) is 2.93. The van der Waals surface area contributed by atoms with Crippen LogP contribution in [0.1, 0.15) is 61.8 Å². The van der Waals surface area contributed by atoms with Crippen LogP contribution in [-0.2, 0) is 13.0 Å². The third-order valence-electron chi connectivity index (χ3n) is 7.11. The van der Waals surface area contributed by atoms with Crippen molar-refractivity contribution in [1.82, 2.24) is 9.80 Å². The number of unbranched alkanes of at least 4 members (excludes halogenated alkanes) is 2. The molecule has 3 aromatic carbocycles. The Morgan fingerprint density at radius 3 is 2.08 bits per heavy atom. The molecule has 0 aliphatic rings. The summed E-state index contributed by atoms with van der Waals surface area (Å²) in [7, 11) is 4.13. The molecule has 0 atom stereocenters. The van der Waals surface area contributed by atoms with Gasteiger partial charge in [-0.2, -0.15) is 0 Å². The maximum atomic E-state index is 4.63. The molecular weight excluding hydrogens is 460 g/mol. The first-order valence-electron chi connectivity index (χ1n) is 14.1. The molecule has 0 spiro atoms. The lowest BCUT2D eigenvalue weighted by Crippen LogP contribution is -2.26. The highest BCUT2D eigenvalue weighted by Crippen LogP contribution is 2.31. The molecule has 0 saturated heterocycles. The molecule has 2 heteroatoms. The summed E-state index contributed by atoms with van der Waals surface area (Å²) < 4.78 is 0. The molecule has 0 heterocycles. The van der Waals surface area contributed by atoms with E-state index < -0.39 is 0 Å². The van der Waals surface area contributed by atoms with Gasteiger partial charge in [0.15, 0.2) is 0 Å². The van der Waals surface area contributed by atoms with Gasteiger partial charge in [-0.15, -0.1) is 0 Å². The summed E-state index contributed by atoms with van der Waals surface area (Å²) in [6.07, 6.45) is 8.06. The number of hydrogen-bond acceptors (Lipinski definition) is 2. The maximum absolute atomic E-state index is 4.63. The van der Waals surface area contributed by atoms with Crippen LogP contribution in [0.25, 0.3) is 16.7 Å². The Labute approximate surface area is 232 Å².